The molecule has 2 aromatic carbocycles. The zero-order valence-corrected chi connectivity index (χ0v) is 14.4. The molecule has 0 aliphatic carbocycles. The average molecular weight is 357 g/mol. The second kappa shape index (κ2) is 10.5. The third kappa shape index (κ3) is 5.68. The van der Waals surface area contributed by atoms with Crippen molar-refractivity contribution >= 4 is 29.6 Å². The number of ether oxygens (including phenoxy) is 1. The Morgan fingerprint density at radius 1 is 0.923 bits per heavy atom. The Hall–Kier alpha value is -1.65. The van der Waals surface area contributed by atoms with Crippen LogP contribution in [-0.4, -0.2) is 45.8 Å². The first-order valence-corrected chi connectivity index (χ1v) is 8.66. The summed E-state index contributed by atoms with van der Waals surface area (Å²) in [6.07, 6.45) is 4.17. The summed E-state index contributed by atoms with van der Waals surface area (Å²) >= 11 is 0. The van der Waals surface area contributed by atoms with E-state index in [1.807, 2.05) is 49.4 Å². The Labute approximate surface area is 177 Å². The first-order chi connectivity index (χ1) is 12.3. The Kier molecular flexibility index (Phi) is 8.33. The van der Waals surface area contributed by atoms with Crippen LogP contribution in [-0.2, 0) is 0 Å². The Bertz CT molecular complexity index is 763. The molecule has 26 heavy (non-hydrogen) atoms. The number of pyridine rings is 1. The van der Waals surface area contributed by atoms with Crippen LogP contribution >= 0.6 is 0 Å². The van der Waals surface area contributed by atoms with E-state index >= 15 is 0 Å². The zero-order chi connectivity index (χ0) is 17.5. The molecule has 0 aliphatic rings. The van der Waals surface area contributed by atoms with Crippen molar-refractivity contribution in [3.05, 3.63) is 84.7 Å². The summed E-state index contributed by atoms with van der Waals surface area (Å²) in [5, 5.41) is 10.1. The monoisotopic (exact) mass is 357 g/mol. The van der Waals surface area contributed by atoms with Crippen molar-refractivity contribution in [1.82, 2.24) is 4.98 Å². The van der Waals surface area contributed by atoms with Gasteiger partial charge in [-0.25, -0.2) is 0 Å². The van der Waals surface area contributed by atoms with Crippen LogP contribution in [0.3, 0.4) is 0 Å². The fourth-order valence-corrected chi connectivity index (χ4v) is 2.75. The van der Waals surface area contributed by atoms with E-state index in [0.29, 0.717) is 12.8 Å². The van der Waals surface area contributed by atoms with Crippen LogP contribution in [0, 0.1) is 0 Å². The van der Waals surface area contributed by atoms with Crippen LogP contribution in [0.4, 0.5) is 0 Å². The van der Waals surface area contributed by atoms with Crippen molar-refractivity contribution in [2.75, 3.05) is 0 Å². The Balaban J connectivity index is 0.00000243. The van der Waals surface area contributed by atoms with Crippen molar-refractivity contribution in [2.45, 2.75) is 32.0 Å². The fraction of sp³-hybridized carbons (Fsp3) is 0.227. The molecule has 1 heterocycles. The molecule has 2 atom stereocenters. The second-order valence-corrected chi connectivity index (χ2v) is 6.08. The number of aliphatic hydroxyl groups is 1. The van der Waals surface area contributed by atoms with Gasteiger partial charge in [-0.3, -0.25) is 4.98 Å². The van der Waals surface area contributed by atoms with E-state index in [2.05, 4.69) is 29.2 Å². The summed E-state index contributed by atoms with van der Waals surface area (Å²) in [4.78, 5) is 4.17. The van der Waals surface area contributed by atoms with Gasteiger partial charge in [-0.2, -0.15) is 0 Å². The van der Waals surface area contributed by atoms with Crippen LogP contribution in [0.5, 0.6) is 5.75 Å². The van der Waals surface area contributed by atoms with E-state index in [0.717, 1.165) is 16.9 Å². The van der Waals surface area contributed by atoms with Crippen molar-refractivity contribution in [3.8, 4) is 16.9 Å². The van der Waals surface area contributed by atoms with Gasteiger partial charge in [0, 0.05) is 24.4 Å². The molecule has 0 aliphatic heterocycles. The fourth-order valence-electron chi connectivity index (χ4n) is 2.75. The van der Waals surface area contributed by atoms with Gasteiger partial charge in [-0.15, -0.1) is 0 Å². The predicted octanol–water partition coefficient (Wildman–Crippen LogP) is 4.38. The molecule has 2 unspecified atom stereocenters. The Morgan fingerprint density at radius 3 is 2.23 bits per heavy atom. The number of nitrogens with zero attached hydrogens (tertiary/aromatic N) is 1. The molecule has 3 aromatic rings. The van der Waals surface area contributed by atoms with Gasteiger partial charge in [0.15, 0.2) is 0 Å². The van der Waals surface area contributed by atoms with Gasteiger partial charge in [-0.1, -0.05) is 55.5 Å². The summed E-state index contributed by atoms with van der Waals surface area (Å²) in [6, 6.07) is 22.2. The van der Waals surface area contributed by atoms with Gasteiger partial charge in [0.1, 0.15) is 11.9 Å². The number of aliphatic hydroxyl groups excluding tert-OH is 1. The molecule has 0 bridgehead atoms. The first-order valence-electron chi connectivity index (χ1n) is 8.66. The maximum absolute atomic E-state index is 10.1. The van der Waals surface area contributed by atoms with E-state index in [1.165, 1.54) is 5.56 Å². The summed E-state index contributed by atoms with van der Waals surface area (Å²) in [5.74, 6) is 0.789. The summed E-state index contributed by atoms with van der Waals surface area (Å²) in [5.41, 5.74) is 3.31. The molecule has 0 saturated heterocycles. The summed E-state index contributed by atoms with van der Waals surface area (Å²) in [7, 11) is 0. The minimum absolute atomic E-state index is 0. The van der Waals surface area contributed by atoms with Crippen LogP contribution < -0.4 is 4.74 Å². The van der Waals surface area contributed by atoms with E-state index < -0.39 is 6.10 Å². The molecule has 0 fully saturated rings. The van der Waals surface area contributed by atoms with E-state index in [-0.39, 0.29) is 35.7 Å². The first kappa shape index (κ1) is 20.7. The molecular weight excluding hydrogens is 333 g/mol. The third-order valence-corrected chi connectivity index (χ3v) is 4.25. The van der Waals surface area contributed by atoms with Crippen molar-refractivity contribution in [1.29, 1.82) is 0 Å². The average Bonchev–Trinajstić information content (AvgIpc) is 2.69. The minimum atomic E-state index is -0.395. The molecule has 3 nitrogen and oxygen atoms in total. The molecule has 0 spiro atoms. The van der Waals surface area contributed by atoms with Gasteiger partial charge in [0.05, 0.1) is 6.10 Å². The second-order valence-electron chi connectivity index (χ2n) is 6.08. The van der Waals surface area contributed by atoms with Gasteiger partial charge in [0.25, 0.3) is 0 Å². The maximum atomic E-state index is 10.1. The molecule has 0 amide bonds. The number of aromatic nitrogens is 1. The SMILES string of the molecule is CCC(O)CC(Oc1ccc(-c2ccccc2)cc1)c1cccnc1.[NaH]. The van der Waals surface area contributed by atoms with Crippen LogP contribution in [0.1, 0.15) is 31.4 Å². The molecule has 130 valence electrons. The van der Waals surface area contributed by atoms with E-state index in [1.54, 1.807) is 12.4 Å². The quantitative estimate of drug-likeness (QED) is 0.638. The van der Waals surface area contributed by atoms with Crippen molar-refractivity contribution < 1.29 is 9.84 Å². The number of benzene rings is 2. The normalized spacial score (nSPS) is 12.7. The predicted molar refractivity (Wildman–Crippen MR) is 108 cm³/mol. The topological polar surface area (TPSA) is 42.4 Å². The molecule has 1 N–H and O–H groups in total. The summed E-state index contributed by atoms with van der Waals surface area (Å²) in [6.45, 7) is 1.97. The van der Waals surface area contributed by atoms with E-state index in [4.69, 9.17) is 4.74 Å². The molecule has 0 radical (unpaired) electrons. The molecule has 0 saturated carbocycles. The van der Waals surface area contributed by atoms with Gasteiger partial charge < -0.3 is 9.84 Å². The van der Waals surface area contributed by atoms with Crippen LogP contribution in [0.2, 0.25) is 0 Å². The number of rotatable bonds is 7. The standard InChI is InChI=1S/C22H23NO2.Na.H/c1-2-20(24)15-22(19-9-6-14-23-16-19)25-21-12-10-18(11-13-21)17-7-4-3-5-8-17;;/h3-14,16,20,22,24H,2,15H2,1H3;;. The zero-order valence-electron chi connectivity index (χ0n) is 14.4. The van der Waals surface area contributed by atoms with Gasteiger partial charge in [-0.05, 0) is 35.7 Å². The van der Waals surface area contributed by atoms with Crippen LogP contribution in [0.25, 0.3) is 11.1 Å². The third-order valence-electron chi connectivity index (χ3n) is 4.25. The summed E-state index contributed by atoms with van der Waals surface area (Å²) < 4.78 is 6.16. The Morgan fingerprint density at radius 2 is 1.62 bits per heavy atom. The number of hydrogen-bond acceptors (Lipinski definition) is 3. The number of hydrogen-bond donors (Lipinski definition) is 1. The van der Waals surface area contributed by atoms with Gasteiger partial charge in [0.2, 0.25) is 0 Å². The van der Waals surface area contributed by atoms with Crippen molar-refractivity contribution in [3.63, 3.8) is 0 Å². The van der Waals surface area contributed by atoms with Crippen molar-refractivity contribution in [2.24, 2.45) is 0 Å². The molecule has 3 rings (SSSR count). The molecule has 4 heteroatoms. The van der Waals surface area contributed by atoms with E-state index in [9.17, 15) is 5.11 Å². The van der Waals surface area contributed by atoms with Crippen LogP contribution in [0.15, 0.2) is 79.1 Å². The molecule has 1 aromatic heterocycles. The van der Waals surface area contributed by atoms with Gasteiger partial charge >= 0.3 is 29.6 Å². The molecular formula is C22H24NNaO2.